The van der Waals surface area contributed by atoms with E-state index in [1.54, 1.807) is 16.2 Å². The van der Waals surface area contributed by atoms with Crippen LogP contribution in [0.5, 0.6) is 0 Å². The SMILES string of the molecule is Cc1cc(C)c(C2CC(c3csc(C4CCN(C(=O)Cn5cc(C(F)(F)F)cc(Cl)c5=O)CC4)n3)=NO2)c(C)c1. The van der Waals surface area contributed by atoms with E-state index in [0.717, 1.165) is 26.5 Å². The van der Waals surface area contributed by atoms with Gasteiger partial charge in [-0.1, -0.05) is 34.5 Å². The van der Waals surface area contributed by atoms with E-state index in [1.165, 1.54) is 16.7 Å². The van der Waals surface area contributed by atoms with Crippen LogP contribution in [0.3, 0.4) is 0 Å². The third-order valence-electron chi connectivity index (χ3n) is 7.42. The minimum atomic E-state index is -4.68. The Morgan fingerprint density at radius 1 is 1.15 bits per heavy atom. The van der Waals surface area contributed by atoms with Gasteiger partial charge in [0.1, 0.15) is 17.3 Å². The van der Waals surface area contributed by atoms with Gasteiger partial charge in [-0.2, -0.15) is 13.2 Å². The van der Waals surface area contributed by atoms with E-state index < -0.39 is 34.8 Å². The molecule has 1 saturated heterocycles. The minimum absolute atomic E-state index is 0.144. The highest BCUT2D eigenvalue weighted by atomic mass is 35.5. The van der Waals surface area contributed by atoms with Crippen LogP contribution in [0, 0.1) is 20.8 Å². The number of thiazole rings is 1. The summed E-state index contributed by atoms with van der Waals surface area (Å²) < 4.78 is 40.1. The first-order valence-electron chi connectivity index (χ1n) is 12.9. The zero-order valence-corrected chi connectivity index (χ0v) is 23.8. The van der Waals surface area contributed by atoms with Crippen molar-refractivity contribution in [2.75, 3.05) is 13.1 Å². The third kappa shape index (κ3) is 5.81. The normalized spacial score (nSPS) is 18.1. The molecule has 0 aliphatic carbocycles. The molecular formula is C28H28ClF3N4O3S. The van der Waals surface area contributed by atoms with Crippen LogP contribution in [0.2, 0.25) is 5.02 Å². The van der Waals surface area contributed by atoms with E-state index in [1.807, 2.05) is 5.38 Å². The van der Waals surface area contributed by atoms with Crippen LogP contribution in [0.15, 0.2) is 39.7 Å². The van der Waals surface area contributed by atoms with Gasteiger partial charge in [0.15, 0.2) is 6.10 Å². The average Bonchev–Trinajstić information content (AvgIpc) is 3.56. The molecule has 2 aliphatic rings. The number of amides is 1. The summed E-state index contributed by atoms with van der Waals surface area (Å²) in [5.74, 6) is -0.283. The van der Waals surface area contributed by atoms with Gasteiger partial charge in [0, 0.05) is 42.6 Å². The van der Waals surface area contributed by atoms with Gasteiger partial charge in [-0.05, 0) is 50.8 Å². The highest BCUT2D eigenvalue weighted by molar-refractivity contribution is 7.10. The number of aryl methyl sites for hydroxylation is 3. The van der Waals surface area contributed by atoms with Crippen molar-refractivity contribution in [2.45, 2.75) is 64.8 Å². The van der Waals surface area contributed by atoms with Crippen LogP contribution in [-0.2, 0) is 22.4 Å². The number of rotatable bonds is 5. The average molecular weight is 593 g/mol. The van der Waals surface area contributed by atoms with Crippen LogP contribution in [0.25, 0.3) is 0 Å². The predicted molar refractivity (Wildman–Crippen MR) is 147 cm³/mol. The second kappa shape index (κ2) is 11.0. The quantitative estimate of drug-likeness (QED) is 0.355. The highest BCUT2D eigenvalue weighted by Gasteiger charge is 2.33. The molecule has 0 spiro atoms. The summed E-state index contributed by atoms with van der Waals surface area (Å²) in [5, 5.41) is 6.70. The second-order valence-corrected chi connectivity index (χ2v) is 11.7. The topological polar surface area (TPSA) is 76.8 Å². The van der Waals surface area contributed by atoms with Crippen LogP contribution < -0.4 is 5.56 Å². The molecule has 1 fully saturated rings. The van der Waals surface area contributed by atoms with Crippen molar-refractivity contribution in [3.8, 4) is 0 Å². The molecule has 3 aromatic rings. The number of piperidine rings is 1. The van der Waals surface area contributed by atoms with E-state index in [4.69, 9.17) is 21.4 Å². The lowest BCUT2D eigenvalue weighted by molar-refractivity contribution is -0.139. The molecule has 2 aliphatic heterocycles. The molecule has 0 saturated carbocycles. The highest BCUT2D eigenvalue weighted by Crippen LogP contribution is 2.36. The summed E-state index contributed by atoms with van der Waals surface area (Å²) in [6, 6.07) is 4.87. The van der Waals surface area contributed by atoms with Gasteiger partial charge in [-0.3, -0.25) is 9.59 Å². The number of oxime groups is 1. The summed E-state index contributed by atoms with van der Waals surface area (Å²) in [4.78, 5) is 37.3. The molecule has 1 amide bonds. The Balaban J connectivity index is 1.19. The van der Waals surface area contributed by atoms with Gasteiger partial charge in [-0.15, -0.1) is 11.3 Å². The van der Waals surface area contributed by atoms with Crippen molar-refractivity contribution in [2.24, 2.45) is 5.16 Å². The fraction of sp³-hybridized carbons (Fsp3) is 0.429. The molecule has 0 N–H and O–H groups in total. The Morgan fingerprint density at radius 2 is 1.82 bits per heavy atom. The molecule has 12 heteroatoms. The van der Waals surface area contributed by atoms with E-state index >= 15 is 0 Å². The first kappa shape index (κ1) is 28.4. The van der Waals surface area contributed by atoms with Crippen LogP contribution in [0.1, 0.15) is 69.8 Å². The van der Waals surface area contributed by atoms with E-state index in [9.17, 15) is 22.8 Å². The number of alkyl halides is 3. The third-order valence-corrected chi connectivity index (χ3v) is 8.70. The van der Waals surface area contributed by atoms with E-state index in [-0.39, 0.29) is 12.0 Å². The Bertz CT molecular complexity index is 1520. The van der Waals surface area contributed by atoms with Crippen molar-refractivity contribution >= 4 is 34.6 Å². The molecule has 40 heavy (non-hydrogen) atoms. The lowest BCUT2D eigenvalue weighted by Crippen LogP contribution is -2.41. The monoisotopic (exact) mass is 592 g/mol. The summed E-state index contributed by atoms with van der Waals surface area (Å²) in [7, 11) is 0. The number of carbonyl (C=O) groups is 1. The number of hydrogen-bond acceptors (Lipinski definition) is 6. The number of aromatic nitrogens is 2. The Labute approximate surface area is 238 Å². The number of nitrogens with zero attached hydrogens (tertiary/aromatic N) is 4. The van der Waals surface area contributed by atoms with Crippen LogP contribution >= 0.6 is 22.9 Å². The summed E-state index contributed by atoms with van der Waals surface area (Å²) in [5.41, 5.74) is 4.43. The van der Waals surface area contributed by atoms with Gasteiger partial charge < -0.3 is 14.3 Å². The first-order valence-corrected chi connectivity index (χ1v) is 14.2. The summed E-state index contributed by atoms with van der Waals surface area (Å²) in [6.07, 6.45) is -2.23. The molecule has 212 valence electrons. The zero-order valence-electron chi connectivity index (χ0n) is 22.2. The lowest BCUT2D eigenvalue weighted by Gasteiger charge is -2.31. The second-order valence-electron chi connectivity index (χ2n) is 10.4. The number of hydrogen-bond donors (Lipinski definition) is 0. The molecule has 4 heterocycles. The maximum atomic E-state index is 13.1. The molecule has 7 nitrogen and oxygen atoms in total. The van der Waals surface area contributed by atoms with Gasteiger partial charge in [0.25, 0.3) is 5.56 Å². The lowest BCUT2D eigenvalue weighted by atomic mass is 9.93. The van der Waals surface area contributed by atoms with Crippen LogP contribution in [0.4, 0.5) is 13.2 Å². The molecule has 1 atom stereocenters. The molecule has 5 rings (SSSR count). The number of benzene rings is 1. The Hall–Kier alpha value is -3.18. The maximum absolute atomic E-state index is 13.1. The minimum Gasteiger partial charge on any atom is -0.387 e. The first-order chi connectivity index (χ1) is 18.9. The molecule has 0 bridgehead atoms. The molecule has 1 aromatic carbocycles. The maximum Gasteiger partial charge on any atom is 0.417 e. The van der Waals surface area contributed by atoms with E-state index in [2.05, 4.69) is 38.1 Å². The largest absolute Gasteiger partial charge is 0.417 e. The number of likely N-dealkylation sites (tertiary alicyclic amines) is 1. The fourth-order valence-corrected chi connectivity index (χ4v) is 6.71. The van der Waals surface area contributed by atoms with Crippen molar-refractivity contribution in [3.63, 3.8) is 0 Å². The summed E-state index contributed by atoms with van der Waals surface area (Å²) in [6.45, 7) is 6.57. The molecule has 0 radical (unpaired) electrons. The van der Waals surface area contributed by atoms with Gasteiger partial charge >= 0.3 is 6.18 Å². The predicted octanol–water partition coefficient (Wildman–Crippen LogP) is 6.17. The Kier molecular flexibility index (Phi) is 7.80. The van der Waals surface area contributed by atoms with Crippen molar-refractivity contribution < 1.29 is 22.8 Å². The molecule has 2 aromatic heterocycles. The number of halogens is 4. The van der Waals surface area contributed by atoms with E-state index in [0.29, 0.717) is 44.6 Å². The fourth-order valence-electron chi connectivity index (χ4n) is 5.48. The van der Waals surface area contributed by atoms with Crippen LogP contribution in [-0.4, -0.2) is 39.2 Å². The van der Waals surface area contributed by atoms with Gasteiger partial charge in [0.05, 0.1) is 16.3 Å². The van der Waals surface area contributed by atoms with Gasteiger partial charge in [0.2, 0.25) is 5.91 Å². The van der Waals surface area contributed by atoms with Crippen molar-refractivity contribution in [3.05, 3.63) is 83.7 Å². The van der Waals surface area contributed by atoms with Crippen molar-refractivity contribution in [1.82, 2.24) is 14.5 Å². The van der Waals surface area contributed by atoms with Crippen molar-refractivity contribution in [1.29, 1.82) is 0 Å². The molecular weight excluding hydrogens is 565 g/mol. The molecule has 1 unspecified atom stereocenters. The summed E-state index contributed by atoms with van der Waals surface area (Å²) >= 11 is 7.26. The van der Waals surface area contributed by atoms with Gasteiger partial charge in [-0.25, -0.2) is 4.98 Å². The number of pyridine rings is 1. The zero-order chi connectivity index (χ0) is 28.8. The Morgan fingerprint density at radius 3 is 2.48 bits per heavy atom. The smallest absolute Gasteiger partial charge is 0.387 e. The standard InChI is InChI=1S/C28H28ClF3N4O3S/c1-15-8-16(2)25(17(3)9-15)23-11-21(34-39-23)22-14-40-26(33-22)18-4-6-35(7-5-18)24(37)13-36-12-19(28(30,31)32)10-20(29)27(36)38/h8-10,12,14,18,23H,4-7,11,13H2,1-3H3. The number of carbonyl (C=O) groups excluding carboxylic acids is 1.